The van der Waals surface area contributed by atoms with E-state index in [0.29, 0.717) is 23.5 Å². The third-order valence-corrected chi connectivity index (χ3v) is 5.70. The number of carbonyl (C=O) groups excluding carboxylic acids is 2. The first kappa shape index (κ1) is 21.9. The fraction of sp³-hybridized carbons (Fsp3) is 0.333. The summed E-state index contributed by atoms with van der Waals surface area (Å²) < 4.78 is 35.0. The zero-order chi connectivity index (χ0) is 21.9. The summed E-state index contributed by atoms with van der Waals surface area (Å²) in [5.74, 6) is -1.06. The quantitative estimate of drug-likeness (QED) is 0.365. The van der Waals surface area contributed by atoms with Crippen molar-refractivity contribution < 1.29 is 27.5 Å². The van der Waals surface area contributed by atoms with Gasteiger partial charge in [-0.25, -0.2) is 8.42 Å². The predicted molar refractivity (Wildman–Crippen MR) is 111 cm³/mol. The van der Waals surface area contributed by atoms with Crippen LogP contribution in [0.4, 0.5) is 0 Å². The Morgan fingerprint density at radius 2 is 1.83 bits per heavy atom. The third-order valence-electron chi connectivity index (χ3n) is 4.78. The van der Waals surface area contributed by atoms with Crippen LogP contribution in [0.5, 0.6) is 5.75 Å². The van der Waals surface area contributed by atoms with E-state index >= 15 is 0 Å². The summed E-state index contributed by atoms with van der Waals surface area (Å²) in [4.78, 5) is 27.3. The van der Waals surface area contributed by atoms with E-state index in [1.807, 2.05) is 6.92 Å². The number of carbonyl (C=O) groups is 2. The van der Waals surface area contributed by atoms with Crippen molar-refractivity contribution in [3.8, 4) is 5.75 Å². The zero-order valence-corrected chi connectivity index (χ0v) is 17.6. The number of benzene rings is 2. The highest BCUT2D eigenvalue weighted by Gasteiger charge is 2.42. The molecule has 1 atom stereocenters. The monoisotopic (exact) mass is 432 g/mol. The molecule has 0 spiro atoms. The van der Waals surface area contributed by atoms with Gasteiger partial charge in [-0.05, 0) is 36.2 Å². The number of nitrogens with two attached hydrogens (primary N) is 1. The Kier molecular flexibility index (Phi) is 6.55. The molecule has 0 bridgehead atoms. The van der Waals surface area contributed by atoms with Gasteiger partial charge in [0.2, 0.25) is 0 Å². The van der Waals surface area contributed by atoms with Gasteiger partial charge < -0.3 is 15.2 Å². The molecule has 2 aromatic rings. The average Bonchev–Trinajstić information content (AvgIpc) is 2.96. The molecule has 8 nitrogen and oxygen atoms in total. The number of fused-ring (bicyclic) bond motifs is 1. The number of ether oxygens (including phenoxy) is 2. The second kappa shape index (κ2) is 8.95. The Morgan fingerprint density at radius 1 is 1.10 bits per heavy atom. The molecule has 2 N–H and O–H groups in total. The van der Waals surface area contributed by atoms with Crippen LogP contribution in [0.25, 0.3) is 0 Å². The van der Waals surface area contributed by atoms with Gasteiger partial charge in [-0.3, -0.25) is 14.5 Å². The molecule has 1 unspecified atom stereocenters. The Bertz CT molecular complexity index is 1070. The third kappa shape index (κ3) is 4.53. The molecule has 30 heavy (non-hydrogen) atoms. The second-order valence-corrected chi connectivity index (χ2v) is 9.14. The van der Waals surface area contributed by atoms with Crippen LogP contribution in [0.3, 0.4) is 0 Å². The zero-order valence-electron chi connectivity index (χ0n) is 16.8. The molecule has 0 saturated heterocycles. The minimum Gasteiger partial charge on any atom is -0.468 e. The SMILES string of the molecule is CCOCOc1cccc(C(CS(C)(=O)=O)N2C(=O)c3cccc(CN)c3C2=O)c1. The summed E-state index contributed by atoms with van der Waals surface area (Å²) in [6.45, 7) is 2.44. The van der Waals surface area contributed by atoms with Gasteiger partial charge in [-0.2, -0.15) is 0 Å². The van der Waals surface area contributed by atoms with Gasteiger partial charge in [0.05, 0.1) is 22.9 Å². The first-order valence-corrected chi connectivity index (χ1v) is 11.5. The van der Waals surface area contributed by atoms with E-state index in [4.69, 9.17) is 15.2 Å². The van der Waals surface area contributed by atoms with Gasteiger partial charge in [0.1, 0.15) is 15.6 Å². The summed E-state index contributed by atoms with van der Waals surface area (Å²) >= 11 is 0. The minimum absolute atomic E-state index is 0.0313. The van der Waals surface area contributed by atoms with Gasteiger partial charge in [0.15, 0.2) is 6.79 Å². The molecule has 1 aliphatic heterocycles. The molecular weight excluding hydrogens is 408 g/mol. The summed E-state index contributed by atoms with van der Waals surface area (Å²) in [5.41, 5.74) is 7.20. The predicted octanol–water partition coefficient (Wildman–Crippen LogP) is 1.90. The van der Waals surface area contributed by atoms with E-state index in [9.17, 15) is 18.0 Å². The maximum absolute atomic E-state index is 13.2. The Labute approximate surface area is 175 Å². The van der Waals surface area contributed by atoms with Crippen LogP contribution < -0.4 is 10.5 Å². The lowest BCUT2D eigenvalue weighted by molar-refractivity contribution is 0.0222. The van der Waals surface area contributed by atoms with Crippen LogP contribution in [0.1, 0.15) is 44.8 Å². The average molecular weight is 432 g/mol. The lowest BCUT2D eigenvalue weighted by Crippen LogP contribution is -2.37. The van der Waals surface area contributed by atoms with E-state index in [2.05, 4.69) is 0 Å². The van der Waals surface area contributed by atoms with Crippen LogP contribution in [0, 0.1) is 0 Å². The molecule has 0 aliphatic carbocycles. The molecule has 0 saturated carbocycles. The minimum atomic E-state index is -3.53. The van der Waals surface area contributed by atoms with E-state index in [1.54, 1.807) is 42.5 Å². The van der Waals surface area contributed by atoms with E-state index in [-0.39, 0.29) is 24.5 Å². The van der Waals surface area contributed by atoms with Crippen molar-refractivity contribution in [1.29, 1.82) is 0 Å². The molecule has 2 aromatic carbocycles. The molecule has 9 heteroatoms. The van der Waals surface area contributed by atoms with Crippen LogP contribution in [-0.4, -0.2) is 50.5 Å². The van der Waals surface area contributed by atoms with Crippen molar-refractivity contribution >= 4 is 21.7 Å². The van der Waals surface area contributed by atoms with Crippen LogP contribution in [0.2, 0.25) is 0 Å². The van der Waals surface area contributed by atoms with E-state index < -0.39 is 33.4 Å². The number of nitrogens with zero attached hydrogens (tertiary/aromatic N) is 1. The molecule has 0 aromatic heterocycles. The molecule has 3 rings (SSSR count). The molecule has 0 fully saturated rings. The molecule has 1 heterocycles. The summed E-state index contributed by atoms with van der Waals surface area (Å²) in [6, 6.07) is 10.5. The first-order valence-electron chi connectivity index (χ1n) is 9.45. The highest BCUT2D eigenvalue weighted by atomic mass is 32.2. The molecular formula is C21H24N2O6S. The molecule has 1 aliphatic rings. The van der Waals surface area contributed by atoms with E-state index in [0.717, 1.165) is 11.2 Å². The number of rotatable bonds is 9. The molecule has 160 valence electrons. The Morgan fingerprint density at radius 3 is 2.50 bits per heavy atom. The van der Waals surface area contributed by atoms with Crippen molar-refractivity contribution in [2.75, 3.05) is 25.4 Å². The smallest absolute Gasteiger partial charge is 0.262 e. The van der Waals surface area contributed by atoms with Gasteiger partial charge in [0, 0.05) is 19.4 Å². The summed E-state index contributed by atoms with van der Waals surface area (Å²) in [5, 5.41) is 0. The number of hydrogen-bond donors (Lipinski definition) is 1. The summed E-state index contributed by atoms with van der Waals surface area (Å²) in [6.07, 6.45) is 1.07. The second-order valence-electron chi connectivity index (χ2n) is 6.96. The Balaban J connectivity index is 2.03. The Hall–Kier alpha value is -2.75. The molecule has 2 amide bonds. The molecule has 0 radical (unpaired) electrons. The largest absolute Gasteiger partial charge is 0.468 e. The highest BCUT2D eigenvalue weighted by Crippen LogP contribution is 2.35. The van der Waals surface area contributed by atoms with E-state index in [1.165, 1.54) is 0 Å². The topological polar surface area (TPSA) is 116 Å². The highest BCUT2D eigenvalue weighted by molar-refractivity contribution is 7.90. The first-order chi connectivity index (χ1) is 14.3. The number of sulfone groups is 1. The van der Waals surface area contributed by atoms with Crippen molar-refractivity contribution in [1.82, 2.24) is 4.90 Å². The maximum Gasteiger partial charge on any atom is 0.262 e. The van der Waals surface area contributed by atoms with Crippen molar-refractivity contribution in [2.45, 2.75) is 19.5 Å². The maximum atomic E-state index is 13.2. The van der Waals surface area contributed by atoms with Crippen molar-refractivity contribution in [2.24, 2.45) is 5.73 Å². The number of hydrogen-bond acceptors (Lipinski definition) is 7. The van der Waals surface area contributed by atoms with Gasteiger partial charge in [-0.1, -0.05) is 24.3 Å². The van der Waals surface area contributed by atoms with Gasteiger partial charge in [0.25, 0.3) is 11.8 Å². The fourth-order valence-corrected chi connectivity index (χ4v) is 4.35. The number of amides is 2. The van der Waals surface area contributed by atoms with Crippen molar-refractivity contribution in [3.05, 3.63) is 64.7 Å². The van der Waals surface area contributed by atoms with Gasteiger partial charge >= 0.3 is 0 Å². The number of imide groups is 1. The lowest BCUT2D eigenvalue weighted by Gasteiger charge is -2.26. The van der Waals surface area contributed by atoms with Crippen LogP contribution in [0.15, 0.2) is 42.5 Å². The standard InChI is InChI=1S/C21H24N2O6S/c1-3-28-13-29-16-8-4-6-14(10-16)18(12-30(2,26)27)23-20(24)17-9-5-7-15(11-22)19(17)21(23)25/h4-10,18H,3,11-13,22H2,1-2H3. The van der Waals surface area contributed by atoms with Crippen LogP contribution in [-0.2, 0) is 21.1 Å². The van der Waals surface area contributed by atoms with Gasteiger partial charge in [-0.15, -0.1) is 0 Å². The summed E-state index contributed by atoms with van der Waals surface area (Å²) in [7, 11) is -3.53. The lowest BCUT2D eigenvalue weighted by atomic mass is 10.0. The van der Waals surface area contributed by atoms with Crippen molar-refractivity contribution in [3.63, 3.8) is 0 Å². The fourth-order valence-electron chi connectivity index (χ4n) is 3.44. The normalized spacial score (nSPS) is 14.7. The van der Waals surface area contributed by atoms with Crippen LogP contribution >= 0.6 is 0 Å².